The highest BCUT2D eigenvalue weighted by atomic mass is 79.9. The molecule has 100 valence electrons. The van der Waals surface area contributed by atoms with E-state index in [1.54, 1.807) is 0 Å². The average molecular weight is 382 g/mol. The fraction of sp³-hybridized carbons (Fsp3) is 0.294. The van der Waals surface area contributed by atoms with Crippen LogP contribution >= 0.6 is 31.9 Å². The number of halogens is 2. The van der Waals surface area contributed by atoms with Crippen molar-refractivity contribution in [2.45, 2.75) is 31.0 Å². The van der Waals surface area contributed by atoms with Crippen LogP contribution in [0.3, 0.4) is 0 Å². The van der Waals surface area contributed by atoms with Gasteiger partial charge in [0.1, 0.15) is 0 Å². The van der Waals surface area contributed by atoms with Gasteiger partial charge in [-0.3, -0.25) is 0 Å². The van der Waals surface area contributed by atoms with E-state index in [0.717, 1.165) is 4.47 Å². The average Bonchev–Trinajstić information content (AvgIpc) is 2.46. The molecule has 0 aliphatic carbocycles. The van der Waals surface area contributed by atoms with Gasteiger partial charge in [-0.15, -0.1) is 0 Å². The van der Waals surface area contributed by atoms with E-state index >= 15 is 0 Å². The molecule has 0 fully saturated rings. The summed E-state index contributed by atoms with van der Waals surface area (Å²) in [5.41, 5.74) is 3.98. The fourth-order valence-electron chi connectivity index (χ4n) is 2.09. The third-order valence-corrected chi connectivity index (χ3v) is 5.10. The first-order chi connectivity index (χ1) is 9.11. The normalized spacial score (nSPS) is 14.1. The summed E-state index contributed by atoms with van der Waals surface area (Å²) in [6.07, 6.45) is 1.18. The fourth-order valence-corrected chi connectivity index (χ4v) is 3.09. The molecule has 0 spiro atoms. The van der Waals surface area contributed by atoms with Crippen molar-refractivity contribution in [3.8, 4) is 0 Å². The lowest BCUT2D eigenvalue weighted by Gasteiger charge is -2.14. The highest BCUT2D eigenvalue weighted by Crippen LogP contribution is 2.32. The molecule has 0 heterocycles. The largest absolute Gasteiger partial charge is 0.0786 e. The summed E-state index contributed by atoms with van der Waals surface area (Å²) in [6.45, 7) is 4.50. The molecule has 0 bridgehead atoms. The standard InChI is InChI=1S/C17H18Br2/c1-3-12(2)13-7-9-14(10-8-13)17(19)15-5-4-6-16(18)11-15/h4-12,17H,3H2,1-2H3. The predicted octanol–water partition coefficient (Wildman–Crippen LogP) is 6.45. The second-order valence-electron chi connectivity index (χ2n) is 4.89. The lowest BCUT2D eigenvalue weighted by molar-refractivity contribution is 0.733. The van der Waals surface area contributed by atoms with Crippen molar-refractivity contribution in [2.75, 3.05) is 0 Å². The van der Waals surface area contributed by atoms with Crippen LogP contribution < -0.4 is 0 Å². The Kier molecular flexibility index (Phi) is 5.23. The van der Waals surface area contributed by atoms with Crippen LogP contribution in [0.25, 0.3) is 0 Å². The first-order valence-corrected chi connectivity index (χ1v) is 8.32. The minimum Gasteiger partial charge on any atom is -0.0786 e. The molecule has 0 aliphatic rings. The predicted molar refractivity (Wildman–Crippen MR) is 90.1 cm³/mol. The third-order valence-electron chi connectivity index (χ3n) is 3.55. The van der Waals surface area contributed by atoms with Crippen LogP contribution in [0, 0.1) is 0 Å². The maximum atomic E-state index is 3.79. The summed E-state index contributed by atoms with van der Waals surface area (Å²) in [4.78, 5) is 0.246. The van der Waals surface area contributed by atoms with Crippen LogP contribution in [-0.2, 0) is 0 Å². The maximum absolute atomic E-state index is 3.79. The molecule has 0 N–H and O–H groups in total. The Hall–Kier alpha value is -0.600. The number of hydrogen-bond donors (Lipinski definition) is 0. The molecule has 19 heavy (non-hydrogen) atoms. The van der Waals surface area contributed by atoms with Gasteiger partial charge in [0.05, 0.1) is 4.83 Å². The highest BCUT2D eigenvalue weighted by Gasteiger charge is 2.11. The maximum Gasteiger partial charge on any atom is 0.0645 e. The van der Waals surface area contributed by atoms with Crippen molar-refractivity contribution in [3.05, 3.63) is 69.7 Å². The zero-order valence-corrected chi connectivity index (χ0v) is 14.4. The quantitative estimate of drug-likeness (QED) is 0.534. The minimum absolute atomic E-state index is 0.246. The number of rotatable bonds is 4. The Morgan fingerprint density at radius 1 is 0.947 bits per heavy atom. The van der Waals surface area contributed by atoms with E-state index in [4.69, 9.17) is 0 Å². The van der Waals surface area contributed by atoms with Crippen LogP contribution in [0.2, 0.25) is 0 Å². The topological polar surface area (TPSA) is 0 Å². The Morgan fingerprint density at radius 2 is 1.58 bits per heavy atom. The molecule has 0 amide bonds. The van der Waals surface area contributed by atoms with Gasteiger partial charge < -0.3 is 0 Å². The van der Waals surface area contributed by atoms with E-state index in [1.165, 1.54) is 23.1 Å². The molecule has 2 aromatic carbocycles. The molecule has 0 aromatic heterocycles. The molecule has 0 nitrogen and oxygen atoms in total. The molecule has 2 rings (SSSR count). The summed E-state index contributed by atoms with van der Waals surface area (Å²) in [5, 5.41) is 0. The smallest absolute Gasteiger partial charge is 0.0645 e. The van der Waals surface area contributed by atoms with Gasteiger partial charge >= 0.3 is 0 Å². The second-order valence-corrected chi connectivity index (χ2v) is 6.72. The van der Waals surface area contributed by atoms with Crippen molar-refractivity contribution in [3.63, 3.8) is 0 Å². The van der Waals surface area contributed by atoms with Crippen LogP contribution in [0.5, 0.6) is 0 Å². The zero-order chi connectivity index (χ0) is 13.8. The van der Waals surface area contributed by atoms with Gasteiger partial charge in [-0.05, 0) is 41.2 Å². The Morgan fingerprint density at radius 3 is 2.16 bits per heavy atom. The van der Waals surface area contributed by atoms with Crippen LogP contribution in [0.15, 0.2) is 53.0 Å². The van der Waals surface area contributed by atoms with E-state index in [1.807, 2.05) is 0 Å². The SMILES string of the molecule is CCC(C)c1ccc(C(Br)c2cccc(Br)c2)cc1. The van der Waals surface area contributed by atoms with Gasteiger partial charge in [-0.25, -0.2) is 0 Å². The Bertz CT molecular complexity index is 531. The van der Waals surface area contributed by atoms with E-state index in [-0.39, 0.29) is 4.83 Å². The molecule has 2 heteroatoms. The van der Waals surface area contributed by atoms with Crippen LogP contribution in [-0.4, -0.2) is 0 Å². The molecule has 2 unspecified atom stereocenters. The minimum atomic E-state index is 0.246. The molecular formula is C17H18Br2. The lowest BCUT2D eigenvalue weighted by Crippen LogP contribution is -1.95. The zero-order valence-electron chi connectivity index (χ0n) is 11.2. The number of alkyl halides is 1. The molecule has 0 aliphatic heterocycles. The van der Waals surface area contributed by atoms with E-state index < -0.39 is 0 Å². The van der Waals surface area contributed by atoms with Crippen molar-refractivity contribution in [1.82, 2.24) is 0 Å². The molecule has 0 saturated heterocycles. The van der Waals surface area contributed by atoms with Crippen LogP contribution in [0.4, 0.5) is 0 Å². The molecule has 0 radical (unpaired) electrons. The van der Waals surface area contributed by atoms with Crippen LogP contribution in [0.1, 0.15) is 47.7 Å². The van der Waals surface area contributed by atoms with Crippen molar-refractivity contribution < 1.29 is 0 Å². The summed E-state index contributed by atoms with van der Waals surface area (Å²) in [6, 6.07) is 17.4. The summed E-state index contributed by atoms with van der Waals surface area (Å²) in [5.74, 6) is 0.633. The van der Waals surface area contributed by atoms with E-state index in [2.05, 4.69) is 94.2 Å². The molecule has 0 saturated carbocycles. The monoisotopic (exact) mass is 380 g/mol. The van der Waals surface area contributed by atoms with E-state index in [0.29, 0.717) is 5.92 Å². The second kappa shape index (κ2) is 6.71. The van der Waals surface area contributed by atoms with Gasteiger partial charge in [0, 0.05) is 4.47 Å². The Balaban J connectivity index is 2.22. The van der Waals surface area contributed by atoms with Gasteiger partial charge in [0.25, 0.3) is 0 Å². The first-order valence-electron chi connectivity index (χ1n) is 6.61. The van der Waals surface area contributed by atoms with Crippen molar-refractivity contribution in [1.29, 1.82) is 0 Å². The highest BCUT2D eigenvalue weighted by molar-refractivity contribution is 9.10. The first kappa shape index (κ1) is 14.8. The number of hydrogen-bond acceptors (Lipinski definition) is 0. The van der Waals surface area contributed by atoms with Crippen molar-refractivity contribution >= 4 is 31.9 Å². The summed E-state index contributed by atoms with van der Waals surface area (Å²) in [7, 11) is 0. The van der Waals surface area contributed by atoms with Gasteiger partial charge in [0.2, 0.25) is 0 Å². The Labute approximate surface area is 132 Å². The van der Waals surface area contributed by atoms with Crippen molar-refractivity contribution in [2.24, 2.45) is 0 Å². The van der Waals surface area contributed by atoms with Gasteiger partial charge in [0.15, 0.2) is 0 Å². The lowest BCUT2D eigenvalue weighted by atomic mass is 9.96. The van der Waals surface area contributed by atoms with E-state index in [9.17, 15) is 0 Å². The number of benzene rings is 2. The molecule has 2 atom stereocenters. The third kappa shape index (κ3) is 3.70. The molecular weight excluding hydrogens is 364 g/mol. The van der Waals surface area contributed by atoms with Gasteiger partial charge in [-0.2, -0.15) is 0 Å². The van der Waals surface area contributed by atoms with Gasteiger partial charge in [-0.1, -0.05) is 82.1 Å². The summed E-state index contributed by atoms with van der Waals surface area (Å²) >= 11 is 7.31. The summed E-state index contributed by atoms with van der Waals surface area (Å²) < 4.78 is 1.12. The molecule has 2 aromatic rings.